The number of hydrogen-bond donors (Lipinski definition) is 1. The van der Waals surface area contributed by atoms with Crippen LogP contribution in [0.1, 0.15) is 34.4 Å². The monoisotopic (exact) mass is 307 g/mol. The highest BCUT2D eigenvalue weighted by molar-refractivity contribution is 5.33. The SMILES string of the molecule is Cc1nc(CN2Cc3[nH]cnc3C(c3ccccc3)C2)cn1C. The Balaban J connectivity index is 1.62. The molecule has 0 aliphatic carbocycles. The van der Waals surface area contributed by atoms with Crippen LogP contribution >= 0.6 is 0 Å². The number of aromatic amines is 1. The second-order valence-corrected chi connectivity index (χ2v) is 6.29. The average Bonchev–Trinajstić information content (AvgIpc) is 3.14. The third kappa shape index (κ3) is 2.68. The van der Waals surface area contributed by atoms with Gasteiger partial charge in [-0.15, -0.1) is 0 Å². The van der Waals surface area contributed by atoms with E-state index >= 15 is 0 Å². The molecule has 0 amide bonds. The highest BCUT2D eigenvalue weighted by Crippen LogP contribution is 2.31. The second kappa shape index (κ2) is 5.66. The highest BCUT2D eigenvalue weighted by Gasteiger charge is 2.29. The van der Waals surface area contributed by atoms with Gasteiger partial charge in [-0.05, 0) is 12.5 Å². The quantitative estimate of drug-likeness (QED) is 0.809. The number of hydrogen-bond acceptors (Lipinski definition) is 3. The van der Waals surface area contributed by atoms with Crippen molar-refractivity contribution in [3.63, 3.8) is 0 Å². The van der Waals surface area contributed by atoms with Crippen molar-refractivity contribution in [2.24, 2.45) is 7.05 Å². The minimum atomic E-state index is 0.316. The topological polar surface area (TPSA) is 49.7 Å². The lowest BCUT2D eigenvalue weighted by atomic mass is 9.91. The molecular formula is C18H21N5. The molecule has 3 heterocycles. The number of nitrogens with one attached hydrogen (secondary N) is 1. The molecule has 0 saturated heterocycles. The lowest BCUT2D eigenvalue weighted by Gasteiger charge is -2.31. The van der Waals surface area contributed by atoms with Gasteiger partial charge in [-0.3, -0.25) is 4.90 Å². The van der Waals surface area contributed by atoms with Crippen molar-refractivity contribution < 1.29 is 0 Å². The van der Waals surface area contributed by atoms with Gasteiger partial charge in [0.2, 0.25) is 0 Å². The summed E-state index contributed by atoms with van der Waals surface area (Å²) in [6.07, 6.45) is 3.93. The minimum absolute atomic E-state index is 0.316. The van der Waals surface area contributed by atoms with Crippen LogP contribution in [0, 0.1) is 6.92 Å². The first-order chi connectivity index (χ1) is 11.2. The number of nitrogens with zero attached hydrogens (tertiary/aromatic N) is 4. The molecule has 1 unspecified atom stereocenters. The van der Waals surface area contributed by atoms with Gasteiger partial charge in [-0.2, -0.15) is 0 Å². The number of rotatable bonds is 3. The summed E-state index contributed by atoms with van der Waals surface area (Å²) in [6.45, 7) is 4.77. The molecule has 1 N–H and O–H groups in total. The van der Waals surface area contributed by atoms with Gasteiger partial charge in [0.15, 0.2) is 0 Å². The third-order valence-corrected chi connectivity index (χ3v) is 4.65. The Bertz CT molecular complexity index is 782. The van der Waals surface area contributed by atoms with Gasteiger partial charge < -0.3 is 9.55 Å². The van der Waals surface area contributed by atoms with Gasteiger partial charge >= 0.3 is 0 Å². The second-order valence-electron chi connectivity index (χ2n) is 6.29. The fraction of sp³-hybridized carbons (Fsp3) is 0.333. The maximum atomic E-state index is 4.64. The van der Waals surface area contributed by atoms with E-state index < -0.39 is 0 Å². The van der Waals surface area contributed by atoms with Gasteiger partial charge in [0.05, 0.1) is 23.4 Å². The summed E-state index contributed by atoms with van der Waals surface area (Å²) in [5.41, 5.74) is 4.85. The van der Waals surface area contributed by atoms with E-state index in [1.54, 1.807) is 0 Å². The molecule has 0 bridgehead atoms. The van der Waals surface area contributed by atoms with Gasteiger partial charge in [0.1, 0.15) is 5.82 Å². The van der Waals surface area contributed by atoms with Crippen LogP contribution in [-0.2, 0) is 20.1 Å². The van der Waals surface area contributed by atoms with Crippen LogP contribution in [0.25, 0.3) is 0 Å². The Morgan fingerprint density at radius 1 is 1.26 bits per heavy atom. The fourth-order valence-corrected chi connectivity index (χ4v) is 3.40. The molecule has 3 aromatic rings. The van der Waals surface area contributed by atoms with Crippen molar-refractivity contribution in [2.75, 3.05) is 6.54 Å². The normalized spacial score (nSPS) is 18.1. The molecule has 5 heteroatoms. The number of fused-ring (bicyclic) bond motifs is 1. The molecular weight excluding hydrogens is 286 g/mol. The van der Waals surface area contributed by atoms with E-state index in [1.165, 1.54) is 17.0 Å². The van der Waals surface area contributed by atoms with Crippen LogP contribution in [0.5, 0.6) is 0 Å². The molecule has 5 nitrogen and oxygen atoms in total. The number of aromatic nitrogens is 4. The standard InChI is InChI=1S/C18H21N5/c1-13-21-15(8-22(13)2)9-23-10-16(14-6-4-3-5-7-14)18-17(11-23)19-12-20-18/h3-8,12,16H,9-11H2,1-2H3,(H,19,20). The summed E-state index contributed by atoms with van der Waals surface area (Å²) in [7, 11) is 2.04. The predicted octanol–water partition coefficient (Wildman–Crippen LogP) is 2.60. The molecule has 0 saturated carbocycles. The zero-order valence-corrected chi connectivity index (χ0v) is 13.5. The van der Waals surface area contributed by atoms with Crippen molar-refractivity contribution in [3.8, 4) is 0 Å². The van der Waals surface area contributed by atoms with Gasteiger partial charge in [0, 0.05) is 38.8 Å². The van der Waals surface area contributed by atoms with Gasteiger partial charge in [-0.1, -0.05) is 30.3 Å². The molecule has 0 radical (unpaired) electrons. The molecule has 2 aromatic heterocycles. The number of imidazole rings is 2. The van der Waals surface area contributed by atoms with Crippen LogP contribution in [0.2, 0.25) is 0 Å². The van der Waals surface area contributed by atoms with Crippen LogP contribution in [0.3, 0.4) is 0 Å². The van der Waals surface area contributed by atoms with Gasteiger partial charge in [-0.25, -0.2) is 9.97 Å². The molecule has 1 atom stereocenters. The Hall–Kier alpha value is -2.40. The molecule has 0 spiro atoms. The Morgan fingerprint density at radius 3 is 2.83 bits per heavy atom. The van der Waals surface area contributed by atoms with Crippen molar-refractivity contribution in [1.82, 2.24) is 24.4 Å². The van der Waals surface area contributed by atoms with Crippen molar-refractivity contribution in [1.29, 1.82) is 0 Å². The summed E-state index contributed by atoms with van der Waals surface area (Å²) in [4.78, 5) is 15.0. The van der Waals surface area contributed by atoms with Crippen molar-refractivity contribution in [2.45, 2.75) is 25.9 Å². The number of aryl methyl sites for hydroxylation is 2. The van der Waals surface area contributed by atoms with E-state index in [0.717, 1.165) is 31.2 Å². The number of H-pyrrole nitrogens is 1. The minimum Gasteiger partial charge on any atom is -0.347 e. The largest absolute Gasteiger partial charge is 0.347 e. The van der Waals surface area contributed by atoms with E-state index in [0.29, 0.717) is 5.92 Å². The molecule has 23 heavy (non-hydrogen) atoms. The van der Waals surface area contributed by atoms with Crippen LogP contribution in [-0.4, -0.2) is 31.0 Å². The summed E-state index contributed by atoms with van der Waals surface area (Å²) in [6, 6.07) is 10.6. The zero-order valence-electron chi connectivity index (χ0n) is 13.5. The van der Waals surface area contributed by atoms with Crippen molar-refractivity contribution in [3.05, 3.63) is 71.3 Å². The zero-order chi connectivity index (χ0) is 15.8. The van der Waals surface area contributed by atoms with Crippen LogP contribution in [0.4, 0.5) is 0 Å². The smallest absolute Gasteiger partial charge is 0.105 e. The van der Waals surface area contributed by atoms with E-state index in [9.17, 15) is 0 Å². The summed E-state index contributed by atoms with van der Waals surface area (Å²) in [5.74, 6) is 1.37. The first-order valence-electron chi connectivity index (χ1n) is 7.99. The summed E-state index contributed by atoms with van der Waals surface area (Å²) >= 11 is 0. The van der Waals surface area contributed by atoms with E-state index in [4.69, 9.17) is 0 Å². The predicted molar refractivity (Wildman–Crippen MR) is 88.9 cm³/mol. The first kappa shape index (κ1) is 14.2. The summed E-state index contributed by atoms with van der Waals surface area (Å²) < 4.78 is 2.08. The lowest BCUT2D eigenvalue weighted by molar-refractivity contribution is 0.225. The Labute approximate surface area is 136 Å². The number of benzene rings is 1. The molecule has 1 aliphatic rings. The molecule has 1 aliphatic heterocycles. The van der Waals surface area contributed by atoms with Crippen molar-refractivity contribution >= 4 is 0 Å². The summed E-state index contributed by atoms with van der Waals surface area (Å²) in [5, 5.41) is 0. The molecule has 118 valence electrons. The Morgan fingerprint density at radius 2 is 2.09 bits per heavy atom. The average molecular weight is 307 g/mol. The van der Waals surface area contributed by atoms with Crippen LogP contribution in [0.15, 0.2) is 42.9 Å². The van der Waals surface area contributed by atoms with E-state index in [1.807, 2.05) is 20.3 Å². The van der Waals surface area contributed by atoms with E-state index in [-0.39, 0.29) is 0 Å². The maximum absolute atomic E-state index is 4.64. The van der Waals surface area contributed by atoms with E-state index in [2.05, 4.69) is 60.9 Å². The molecule has 4 rings (SSSR count). The molecule has 1 aromatic carbocycles. The van der Waals surface area contributed by atoms with Gasteiger partial charge in [0.25, 0.3) is 0 Å². The third-order valence-electron chi connectivity index (χ3n) is 4.65. The first-order valence-corrected chi connectivity index (χ1v) is 7.99. The van der Waals surface area contributed by atoms with Crippen LogP contribution < -0.4 is 0 Å². The molecule has 0 fully saturated rings. The fourth-order valence-electron chi connectivity index (χ4n) is 3.40. The lowest BCUT2D eigenvalue weighted by Crippen LogP contribution is -2.34. The Kier molecular flexibility index (Phi) is 3.50. The maximum Gasteiger partial charge on any atom is 0.105 e. The highest BCUT2D eigenvalue weighted by atomic mass is 15.2.